The van der Waals surface area contributed by atoms with Crippen molar-refractivity contribution in [1.82, 2.24) is 14.8 Å². The van der Waals surface area contributed by atoms with Crippen molar-refractivity contribution in [2.45, 2.75) is 18.8 Å². The number of carbonyl (C=O) groups is 1. The van der Waals surface area contributed by atoms with E-state index in [0.717, 1.165) is 11.1 Å². The largest absolute Gasteiger partial charge is 0.406 e. The zero-order chi connectivity index (χ0) is 15.5. The molecule has 1 fully saturated rings. The molecule has 118 valence electrons. The van der Waals surface area contributed by atoms with Gasteiger partial charge in [-0.15, -0.1) is 0 Å². The molecule has 8 heteroatoms. The Hall–Kier alpha value is -1.54. The summed E-state index contributed by atoms with van der Waals surface area (Å²) in [6.07, 6.45) is -3.24. The molecular weight excluding hydrogens is 287 g/mol. The molecule has 1 aliphatic rings. The van der Waals surface area contributed by atoms with E-state index in [0.29, 0.717) is 19.7 Å². The Morgan fingerprint density at radius 3 is 2.95 bits per heavy atom. The van der Waals surface area contributed by atoms with Crippen molar-refractivity contribution in [3.63, 3.8) is 0 Å². The minimum absolute atomic E-state index is 0.0265. The zero-order valence-electron chi connectivity index (χ0n) is 11.7. The van der Waals surface area contributed by atoms with Gasteiger partial charge in [0, 0.05) is 32.9 Å². The number of nitrogens with one attached hydrogen (secondary N) is 1. The summed E-state index contributed by atoms with van der Waals surface area (Å²) >= 11 is 0. The van der Waals surface area contributed by atoms with Crippen LogP contribution < -0.4 is 5.32 Å². The van der Waals surface area contributed by atoms with Crippen LogP contribution in [0.5, 0.6) is 0 Å². The monoisotopic (exact) mass is 305 g/mol. The summed E-state index contributed by atoms with van der Waals surface area (Å²) in [4.78, 5) is 13.6. The molecule has 0 bridgehead atoms. The van der Waals surface area contributed by atoms with Crippen LogP contribution in [0.4, 0.5) is 13.2 Å². The minimum atomic E-state index is -4.36. The molecule has 1 saturated heterocycles. The number of hydrogen-bond donors (Lipinski definition) is 1. The Kier molecular flexibility index (Phi) is 4.89. The van der Waals surface area contributed by atoms with Gasteiger partial charge < -0.3 is 19.5 Å². The summed E-state index contributed by atoms with van der Waals surface area (Å²) in [5.41, 5.74) is 0.0265. The fraction of sp³-hybridized carbons (Fsp3) is 0.615. The maximum Gasteiger partial charge on any atom is 0.406 e. The molecule has 2 rings (SSSR count). The normalized spacial score (nSPS) is 19.5. The Morgan fingerprint density at radius 1 is 1.57 bits per heavy atom. The zero-order valence-corrected chi connectivity index (χ0v) is 11.7. The molecule has 1 aliphatic heterocycles. The van der Waals surface area contributed by atoms with E-state index >= 15 is 0 Å². The van der Waals surface area contributed by atoms with Crippen molar-refractivity contribution in [2.24, 2.45) is 0 Å². The van der Waals surface area contributed by atoms with Crippen molar-refractivity contribution in [2.75, 3.05) is 33.3 Å². The summed E-state index contributed by atoms with van der Waals surface area (Å²) in [5.74, 6) is -0.446. The lowest BCUT2D eigenvalue weighted by atomic mass is 10.2. The van der Waals surface area contributed by atoms with Gasteiger partial charge in [0.1, 0.15) is 12.2 Å². The first kappa shape index (κ1) is 15.8. The van der Waals surface area contributed by atoms with E-state index in [9.17, 15) is 18.0 Å². The second kappa shape index (κ2) is 6.48. The first-order chi connectivity index (χ1) is 9.87. The minimum Gasteiger partial charge on any atom is -0.374 e. The lowest BCUT2D eigenvalue weighted by molar-refractivity contribution is -0.140. The molecule has 1 aromatic heterocycles. The van der Waals surface area contributed by atoms with E-state index in [1.54, 1.807) is 7.05 Å². The van der Waals surface area contributed by atoms with Crippen molar-refractivity contribution >= 4 is 5.91 Å². The molecule has 1 N–H and O–H groups in total. The number of halogens is 3. The molecular formula is C13H18F3N3O2. The molecule has 1 amide bonds. The first-order valence-electron chi connectivity index (χ1n) is 6.66. The third-order valence-electron chi connectivity index (χ3n) is 3.23. The van der Waals surface area contributed by atoms with Crippen LogP contribution in [0.15, 0.2) is 18.3 Å². The Bertz CT molecular complexity index is 481. The Labute approximate surface area is 120 Å². The van der Waals surface area contributed by atoms with Gasteiger partial charge in [-0.1, -0.05) is 0 Å². The van der Waals surface area contributed by atoms with E-state index in [4.69, 9.17) is 4.74 Å². The van der Waals surface area contributed by atoms with Crippen molar-refractivity contribution < 1.29 is 22.7 Å². The molecule has 1 atom stereocenters. The highest BCUT2D eigenvalue weighted by molar-refractivity contribution is 5.92. The van der Waals surface area contributed by atoms with Gasteiger partial charge in [-0.3, -0.25) is 4.79 Å². The fourth-order valence-electron chi connectivity index (χ4n) is 2.26. The van der Waals surface area contributed by atoms with Crippen molar-refractivity contribution in [3.05, 3.63) is 24.0 Å². The molecule has 21 heavy (non-hydrogen) atoms. The van der Waals surface area contributed by atoms with Gasteiger partial charge in [-0.25, -0.2) is 0 Å². The lowest BCUT2D eigenvalue weighted by Crippen LogP contribution is -2.46. The van der Waals surface area contributed by atoms with E-state index in [1.165, 1.54) is 23.2 Å². The molecule has 1 unspecified atom stereocenters. The van der Waals surface area contributed by atoms with Gasteiger partial charge >= 0.3 is 6.18 Å². The Balaban J connectivity index is 2.00. The summed E-state index contributed by atoms with van der Waals surface area (Å²) in [5, 5.41) is 3.14. The SMILES string of the molecule is CN(CC1CNCCO1)C(=O)c1cccn1CC(F)(F)F. The number of likely N-dealkylation sites (N-methyl/N-ethyl adjacent to an activating group) is 1. The average Bonchev–Trinajstić information content (AvgIpc) is 2.84. The van der Waals surface area contributed by atoms with Crippen LogP contribution in [0.25, 0.3) is 0 Å². The van der Waals surface area contributed by atoms with Crippen LogP contribution in [0.2, 0.25) is 0 Å². The van der Waals surface area contributed by atoms with E-state index in [1.807, 2.05) is 0 Å². The van der Waals surface area contributed by atoms with Gasteiger partial charge in [-0.05, 0) is 12.1 Å². The molecule has 0 saturated carbocycles. The molecule has 0 aliphatic carbocycles. The lowest BCUT2D eigenvalue weighted by Gasteiger charge is -2.28. The van der Waals surface area contributed by atoms with Crippen molar-refractivity contribution in [1.29, 1.82) is 0 Å². The number of aromatic nitrogens is 1. The highest BCUT2D eigenvalue weighted by Crippen LogP contribution is 2.19. The van der Waals surface area contributed by atoms with Crippen LogP contribution in [-0.2, 0) is 11.3 Å². The summed E-state index contributed by atoms with van der Waals surface area (Å²) < 4.78 is 43.8. The molecule has 2 heterocycles. The average molecular weight is 305 g/mol. The van der Waals surface area contributed by atoms with Crippen LogP contribution >= 0.6 is 0 Å². The fourth-order valence-corrected chi connectivity index (χ4v) is 2.26. The highest BCUT2D eigenvalue weighted by Gasteiger charge is 2.30. The predicted molar refractivity (Wildman–Crippen MR) is 70.1 cm³/mol. The first-order valence-corrected chi connectivity index (χ1v) is 6.66. The molecule has 0 radical (unpaired) electrons. The van der Waals surface area contributed by atoms with Gasteiger partial charge in [0.2, 0.25) is 0 Å². The number of nitrogens with zero attached hydrogens (tertiary/aromatic N) is 2. The maximum absolute atomic E-state index is 12.5. The quantitative estimate of drug-likeness (QED) is 0.906. The predicted octanol–water partition coefficient (Wildman–Crippen LogP) is 1.11. The van der Waals surface area contributed by atoms with Crippen LogP contribution in [0.3, 0.4) is 0 Å². The van der Waals surface area contributed by atoms with E-state index in [2.05, 4.69) is 5.32 Å². The number of hydrogen-bond acceptors (Lipinski definition) is 3. The van der Waals surface area contributed by atoms with Gasteiger partial charge in [0.25, 0.3) is 5.91 Å². The van der Waals surface area contributed by atoms with Gasteiger partial charge in [-0.2, -0.15) is 13.2 Å². The number of amides is 1. The van der Waals surface area contributed by atoms with Crippen LogP contribution in [-0.4, -0.2) is 60.9 Å². The summed E-state index contributed by atoms with van der Waals surface area (Å²) in [6, 6.07) is 2.83. The third-order valence-corrected chi connectivity index (χ3v) is 3.23. The smallest absolute Gasteiger partial charge is 0.374 e. The van der Waals surface area contributed by atoms with Gasteiger partial charge in [0.15, 0.2) is 0 Å². The number of rotatable bonds is 4. The van der Waals surface area contributed by atoms with Crippen molar-refractivity contribution in [3.8, 4) is 0 Å². The molecule has 1 aromatic rings. The maximum atomic E-state index is 12.5. The number of alkyl halides is 3. The molecule has 5 nitrogen and oxygen atoms in total. The number of morpholine rings is 1. The van der Waals surface area contributed by atoms with E-state index in [-0.39, 0.29) is 11.8 Å². The van der Waals surface area contributed by atoms with Crippen LogP contribution in [0, 0.1) is 0 Å². The third kappa shape index (κ3) is 4.47. The van der Waals surface area contributed by atoms with Crippen LogP contribution in [0.1, 0.15) is 10.5 Å². The highest BCUT2D eigenvalue weighted by atomic mass is 19.4. The second-order valence-electron chi connectivity index (χ2n) is 5.02. The second-order valence-corrected chi connectivity index (χ2v) is 5.02. The number of carbonyl (C=O) groups excluding carboxylic acids is 1. The van der Waals surface area contributed by atoms with E-state index < -0.39 is 18.6 Å². The Morgan fingerprint density at radius 2 is 2.33 bits per heavy atom. The van der Waals surface area contributed by atoms with Gasteiger partial charge in [0.05, 0.1) is 12.7 Å². The summed E-state index contributed by atoms with van der Waals surface area (Å²) in [7, 11) is 1.56. The topological polar surface area (TPSA) is 46.5 Å². The standard InChI is InChI=1S/C13H18F3N3O2/c1-18(8-10-7-17-4-6-21-10)12(20)11-3-2-5-19(11)9-13(14,15)16/h2-3,5,10,17H,4,6-9H2,1H3. The molecule has 0 spiro atoms. The number of ether oxygens (including phenoxy) is 1. The molecule has 0 aromatic carbocycles. The summed E-state index contributed by atoms with van der Waals surface area (Å²) in [6.45, 7) is 1.13.